The van der Waals surface area contributed by atoms with Gasteiger partial charge in [-0.2, -0.15) is 0 Å². The number of nitrogens with zero attached hydrogens (tertiary/aromatic N) is 1. The van der Waals surface area contributed by atoms with Crippen LogP contribution in [0, 0.1) is 5.82 Å². The van der Waals surface area contributed by atoms with E-state index in [0.29, 0.717) is 23.4 Å². The number of hydrogen-bond donors (Lipinski definition) is 2. The molecular formula is C20H16FNO4. The molecular weight excluding hydrogens is 337 g/mol. The van der Waals surface area contributed by atoms with Crippen molar-refractivity contribution in [2.45, 2.75) is 6.92 Å². The summed E-state index contributed by atoms with van der Waals surface area (Å²) in [7, 11) is 0. The zero-order valence-corrected chi connectivity index (χ0v) is 13.9. The number of aromatic nitrogens is 1. The highest BCUT2D eigenvalue weighted by atomic mass is 19.1. The van der Waals surface area contributed by atoms with E-state index < -0.39 is 11.8 Å². The lowest BCUT2D eigenvalue weighted by atomic mass is 10.1. The number of rotatable bonds is 5. The van der Waals surface area contributed by atoms with Crippen molar-refractivity contribution in [2.24, 2.45) is 0 Å². The largest absolute Gasteiger partial charge is 0.504 e. The molecule has 0 fully saturated rings. The van der Waals surface area contributed by atoms with Crippen LogP contribution in [-0.2, 0) is 0 Å². The van der Waals surface area contributed by atoms with Gasteiger partial charge in [-0.05, 0) is 48.9 Å². The average molecular weight is 353 g/mol. The molecule has 5 nitrogen and oxygen atoms in total. The van der Waals surface area contributed by atoms with Crippen molar-refractivity contribution in [3.05, 3.63) is 65.1 Å². The van der Waals surface area contributed by atoms with Crippen LogP contribution >= 0.6 is 0 Å². The third kappa shape index (κ3) is 3.64. The summed E-state index contributed by atoms with van der Waals surface area (Å²) in [5.74, 6) is -1.20. The Kier molecular flexibility index (Phi) is 4.84. The molecule has 1 heterocycles. The normalized spacial score (nSPS) is 11.2. The van der Waals surface area contributed by atoms with Crippen LogP contribution in [0.4, 0.5) is 4.39 Å². The van der Waals surface area contributed by atoms with Crippen LogP contribution in [0.3, 0.4) is 0 Å². The minimum absolute atomic E-state index is 0.0384. The number of phenols is 1. The second kappa shape index (κ2) is 7.23. The molecule has 0 amide bonds. The lowest BCUT2D eigenvalue weighted by molar-refractivity contribution is 0.0699. The van der Waals surface area contributed by atoms with E-state index >= 15 is 0 Å². The Morgan fingerprint density at radius 2 is 2.00 bits per heavy atom. The van der Waals surface area contributed by atoms with Gasteiger partial charge in [0.2, 0.25) is 0 Å². The van der Waals surface area contributed by atoms with Gasteiger partial charge >= 0.3 is 5.97 Å². The molecule has 1 aromatic heterocycles. The Morgan fingerprint density at radius 3 is 2.73 bits per heavy atom. The molecule has 0 saturated heterocycles. The van der Waals surface area contributed by atoms with E-state index in [1.54, 1.807) is 24.3 Å². The molecule has 3 rings (SSSR count). The van der Waals surface area contributed by atoms with Gasteiger partial charge in [0.15, 0.2) is 11.5 Å². The van der Waals surface area contributed by atoms with Crippen molar-refractivity contribution in [1.29, 1.82) is 0 Å². The first-order valence-corrected chi connectivity index (χ1v) is 7.95. The fourth-order valence-electron chi connectivity index (χ4n) is 2.57. The van der Waals surface area contributed by atoms with E-state index in [4.69, 9.17) is 4.74 Å². The van der Waals surface area contributed by atoms with Gasteiger partial charge in [-0.15, -0.1) is 0 Å². The summed E-state index contributed by atoms with van der Waals surface area (Å²) in [4.78, 5) is 15.8. The number of aromatic hydroxyl groups is 1. The first-order valence-electron chi connectivity index (χ1n) is 7.95. The number of carbonyl (C=O) groups is 1. The van der Waals surface area contributed by atoms with Gasteiger partial charge in [-0.1, -0.05) is 12.1 Å². The monoisotopic (exact) mass is 353 g/mol. The number of halogens is 1. The molecule has 0 atom stereocenters. The Bertz CT molecular complexity index is 1010. The minimum atomic E-state index is -1.11. The average Bonchev–Trinajstić information content (AvgIpc) is 2.61. The van der Waals surface area contributed by atoms with Gasteiger partial charge in [0.05, 0.1) is 23.4 Å². The molecule has 3 aromatic rings. The minimum Gasteiger partial charge on any atom is -0.504 e. The SMILES string of the molecule is CCOc1cc(/C=C/c2cc(C(=O)O)c3ccc(F)cc3n2)ccc1O. The smallest absolute Gasteiger partial charge is 0.336 e. The number of hydrogen-bond acceptors (Lipinski definition) is 4. The third-order valence-corrected chi connectivity index (χ3v) is 3.75. The fraction of sp³-hybridized carbons (Fsp3) is 0.100. The van der Waals surface area contributed by atoms with Crippen molar-refractivity contribution in [3.8, 4) is 11.5 Å². The number of ether oxygens (including phenoxy) is 1. The summed E-state index contributed by atoms with van der Waals surface area (Å²) in [5, 5.41) is 19.5. The Balaban J connectivity index is 2.02. The van der Waals surface area contributed by atoms with Gasteiger partial charge in [0.25, 0.3) is 0 Å². The van der Waals surface area contributed by atoms with Crippen molar-refractivity contribution in [1.82, 2.24) is 4.98 Å². The van der Waals surface area contributed by atoms with Crippen LogP contribution in [-0.4, -0.2) is 27.8 Å². The Morgan fingerprint density at radius 1 is 1.19 bits per heavy atom. The molecule has 132 valence electrons. The number of pyridine rings is 1. The first kappa shape index (κ1) is 17.4. The number of carboxylic acid groups (broad SMARTS) is 1. The predicted octanol–water partition coefficient (Wildman–Crippen LogP) is 4.35. The number of benzene rings is 2. The molecule has 26 heavy (non-hydrogen) atoms. The molecule has 0 radical (unpaired) electrons. The number of aromatic carboxylic acids is 1. The van der Waals surface area contributed by atoms with E-state index in [-0.39, 0.29) is 16.8 Å². The van der Waals surface area contributed by atoms with Gasteiger partial charge in [-0.25, -0.2) is 14.2 Å². The number of carboxylic acids is 1. The summed E-state index contributed by atoms with van der Waals surface area (Å²) in [6, 6.07) is 10.1. The highest BCUT2D eigenvalue weighted by Crippen LogP contribution is 2.28. The van der Waals surface area contributed by atoms with Crippen molar-refractivity contribution in [2.75, 3.05) is 6.61 Å². The van der Waals surface area contributed by atoms with Crippen LogP contribution in [0.1, 0.15) is 28.5 Å². The van der Waals surface area contributed by atoms with E-state index in [2.05, 4.69) is 4.98 Å². The topological polar surface area (TPSA) is 79.7 Å². The molecule has 2 N–H and O–H groups in total. The quantitative estimate of drug-likeness (QED) is 0.713. The van der Waals surface area contributed by atoms with E-state index in [1.165, 1.54) is 30.3 Å². The molecule has 0 aliphatic rings. The van der Waals surface area contributed by atoms with Gasteiger partial charge in [0, 0.05) is 11.5 Å². The second-order valence-electron chi connectivity index (χ2n) is 5.55. The van der Waals surface area contributed by atoms with Crippen LogP contribution in [0.2, 0.25) is 0 Å². The summed E-state index contributed by atoms with van der Waals surface area (Å²) in [6.45, 7) is 2.23. The second-order valence-corrected chi connectivity index (χ2v) is 5.55. The molecule has 0 aliphatic heterocycles. The molecule has 0 bridgehead atoms. The summed E-state index contributed by atoms with van der Waals surface area (Å²) in [6.07, 6.45) is 3.33. The molecule has 0 unspecified atom stereocenters. The van der Waals surface area contributed by atoms with E-state index in [0.717, 1.165) is 5.56 Å². The summed E-state index contributed by atoms with van der Waals surface area (Å²) in [5.41, 5.74) is 1.44. The van der Waals surface area contributed by atoms with Crippen molar-refractivity contribution in [3.63, 3.8) is 0 Å². The highest BCUT2D eigenvalue weighted by Gasteiger charge is 2.11. The predicted molar refractivity (Wildman–Crippen MR) is 96.9 cm³/mol. The van der Waals surface area contributed by atoms with Gasteiger partial charge < -0.3 is 14.9 Å². The zero-order chi connectivity index (χ0) is 18.7. The first-order chi connectivity index (χ1) is 12.5. The van der Waals surface area contributed by atoms with Crippen molar-refractivity contribution < 1.29 is 24.1 Å². The highest BCUT2D eigenvalue weighted by molar-refractivity contribution is 6.03. The third-order valence-electron chi connectivity index (χ3n) is 3.75. The fourth-order valence-corrected chi connectivity index (χ4v) is 2.57. The van der Waals surface area contributed by atoms with Crippen LogP contribution in [0.25, 0.3) is 23.1 Å². The molecule has 0 spiro atoms. The number of fused-ring (bicyclic) bond motifs is 1. The molecule has 6 heteroatoms. The maximum Gasteiger partial charge on any atom is 0.336 e. The van der Waals surface area contributed by atoms with Crippen LogP contribution in [0.5, 0.6) is 11.5 Å². The maximum absolute atomic E-state index is 13.5. The molecule has 0 aliphatic carbocycles. The Hall–Kier alpha value is -3.41. The Labute approximate surface area is 149 Å². The van der Waals surface area contributed by atoms with E-state index in [9.17, 15) is 19.4 Å². The van der Waals surface area contributed by atoms with Gasteiger partial charge in [-0.3, -0.25) is 0 Å². The van der Waals surface area contributed by atoms with Gasteiger partial charge in [0.1, 0.15) is 5.82 Å². The lowest BCUT2D eigenvalue weighted by Gasteiger charge is -2.06. The summed E-state index contributed by atoms with van der Waals surface area (Å²) >= 11 is 0. The van der Waals surface area contributed by atoms with E-state index in [1.807, 2.05) is 6.92 Å². The standard InChI is InChI=1S/C20H16FNO4/c1-2-26-19-9-12(4-8-18(19)23)3-6-14-11-16(20(24)25)15-7-5-13(21)10-17(15)22-14/h3-11,23H,2H2,1H3,(H,24,25)/b6-3+. The number of phenolic OH excluding ortho intramolecular Hbond substituents is 1. The zero-order valence-electron chi connectivity index (χ0n) is 13.9. The molecule has 2 aromatic carbocycles. The lowest BCUT2D eigenvalue weighted by Crippen LogP contribution is -2.00. The van der Waals surface area contributed by atoms with Crippen LogP contribution in [0.15, 0.2) is 42.5 Å². The summed E-state index contributed by atoms with van der Waals surface area (Å²) < 4.78 is 18.8. The van der Waals surface area contributed by atoms with Crippen molar-refractivity contribution >= 4 is 29.0 Å². The molecule has 0 saturated carbocycles. The maximum atomic E-state index is 13.5. The van der Waals surface area contributed by atoms with Crippen LogP contribution < -0.4 is 4.74 Å².